The van der Waals surface area contributed by atoms with Crippen molar-refractivity contribution >= 4 is 47.3 Å². The molecule has 0 fully saturated rings. The summed E-state index contributed by atoms with van der Waals surface area (Å²) in [5.74, 6) is 0.0231. The molecule has 2 nitrogen and oxygen atoms in total. The summed E-state index contributed by atoms with van der Waals surface area (Å²) in [6.45, 7) is 0. The Bertz CT molecular complexity index is 710. The second-order valence-electron chi connectivity index (χ2n) is 5.52. The summed E-state index contributed by atoms with van der Waals surface area (Å²) in [6, 6.07) is 30.4. The summed E-state index contributed by atoms with van der Waals surface area (Å²) in [6.07, 6.45) is 0.213. The molecule has 0 heterocycles. The summed E-state index contributed by atoms with van der Waals surface area (Å²) in [5.41, 5.74) is 0. The molecule has 3 aromatic carbocycles. The van der Waals surface area contributed by atoms with E-state index in [0.717, 1.165) is 10.5 Å². The molecule has 0 aromatic heterocycles. The SMILES string of the molecule is O=C(CCCl)[O][Sb]([c]1ccccc1)([c]1ccccc1)[c]1ccccc1. The minimum atomic E-state index is -3.78. The molecule has 0 saturated carbocycles. The fourth-order valence-electron chi connectivity index (χ4n) is 2.79. The van der Waals surface area contributed by atoms with Crippen LogP contribution in [0, 0.1) is 0 Å². The molecule has 0 bridgehead atoms. The number of carbonyl (C=O) groups excluding carboxylic acids is 1. The van der Waals surface area contributed by atoms with Gasteiger partial charge in [0.05, 0.1) is 0 Å². The van der Waals surface area contributed by atoms with E-state index in [9.17, 15) is 4.79 Å². The summed E-state index contributed by atoms with van der Waals surface area (Å²) in [5, 5.41) is 0. The molecular formula is C21H19ClO2Sb. The Labute approximate surface area is 158 Å². The van der Waals surface area contributed by atoms with Gasteiger partial charge in [0.25, 0.3) is 0 Å². The van der Waals surface area contributed by atoms with Crippen LogP contribution in [0.1, 0.15) is 6.42 Å². The predicted octanol–water partition coefficient (Wildman–Crippen LogP) is 2.83. The van der Waals surface area contributed by atoms with Gasteiger partial charge in [-0.2, -0.15) is 0 Å². The molecule has 0 aliphatic heterocycles. The Kier molecular flexibility index (Phi) is 6.18. The molecule has 1 radical (unpaired) electrons. The number of hydrogen-bond donors (Lipinski definition) is 0. The second kappa shape index (κ2) is 8.56. The van der Waals surface area contributed by atoms with Gasteiger partial charge < -0.3 is 0 Å². The maximum atomic E-state index is 12.5. The first-order chi connectivity index (χ1) is 12.3. The summed E-state index contributed by atoms with van der Waals surface area (Å²) >= 11 is 2.01. The number of alkyl halides is 1. The molecule has 0 aliphatic carbocycles. The van der Waals surface area contributed by atoms with Crippen molar-refractivity contribution in [3.63, 3.8) is 0 Å². The van der Waals surface area contributed by atoms with Crippen molar-refractivity contribution in [3.05, 3.63) is 91.0 Å². The van der Waals surface area contributed by atoms with Gasteiger partial charge in [-0.05, 0) is 0 Å². The maximum absolute atomic E-state index is 12.5. The molecule has 0 unspecified atom stereocenters. The van der Waals surface area contributed by atoms with Gasteiger partial charge in [0.15, 0.2) is 0 Å². The van der Waals surface area contributed by atoms with E-state index >= 15 is 0 Å². The molecule has 0 saturated heterocycles. The van der Waals surface area contributed by atoms with Crippen LogP contribution in [0.5, 0.6) is 0 Å². The number of halogens is 1. The quantitative estimate of drug-likeness (QED) is 0.418. The average molecular weight is 461 g/mol. The molecule has 127 valence electrons. The molecule has 0 atom stereocenters. The third kappa shape index (κ3) is 3.91. The summed E-state index contributed by atoms with van der Waals surface area (Å²) in [7, 11) is 0. The number of rotatable bonds is 6. The number of carbonyl (C=O) groups is 1. The topological polar surface area (TPSA) is 26.3 Å². The van der Waals surface area contributed by atoms with Crippen molar-refractivity contribution in [2.75, 3.05) is 5.88 Å². The summed E-state index contributed by atoms with van der Waals surface area (Å²) in [4.78, 5) is 12.5. The molecular weight excluding hydrogens is 441 g/mol. The molecule has 0 aliphatic rings. The van der Waals surface area contributed by atoms with E-state index in [2.05, 4.69) is 36.4 Å². The van der Waals surface area contributed by atoms with E-state index in [0.29, 0.717) is 0 Å². The number of benzene rings is 3. The monoisotopic (exact) mass is 459 g/mol. The summed E-state index contributed by atoms with van der Waals surface area (Å²) < 4.78 is 9.61. The third-order valence-electron chi connectivity index (χ3n) is 3.90. The van der Waals surface area contributed by atoms with Gasteiger partial charge in [-0.3, -0.25) is 0 Å². The van der Waals surface area contributed by atoms with E-state index in [4.69, 9.17) is 14.6 Å². The Morgan fingerprint density at radius 3 is 1.40 bits per heavy atom. The van der Waals surface area contributed by atoms with Crippen LogP contribution < -0.4 is 10.5 Å². The van der Waals surface area contributed by atoms with Crippen molar-refractivity contribution in [2.24, 2.45) is 0 Å². The van der Waals surface area contributed by atoms with Crippen LogP contribution in [-0.2, 0) is 7.81 Å². The molecule has 4 heteroatoms. The Hall–Kier alpha value is -1.76. The van der Waals surface area contributed by atoms with Gasteiger partial charge in [0, 0.05) is 0 Å². The zero-order chi connectivity index (χ0) is 17.5. The van der Waals surface area contributed by atoms with Crippen LogP contribution >= 0.6 is 11.6 Å². The normalized spacial score (nSPS) is 11.1. The van der Waals surface area contributed by atoms with Crippen LogP contribution in [0.25, 0.3) is 0 Å². The van der Waals surface area contributed by atoms with Crippen molar-refractivity contribution in [1.29, 1.82) is 0 Å². The van der Waals surface area contributed by atoms with Gasteiger partial charge >= 0.3 is 158 Å². The molecule has 0 N–H and O–H groups in total. The standard InChI is InChI=1S/3C6H5.C3H5ClO2.Sb/c3*1-2-4-6-5-3-1;4-2-1-3(5)6;/h3*1-5H;1-2H2,(H,5,6);/q;;;;+1/p-1. The van der Waals surface area contributed by atoms with Gasteiger partial charge in [0.1, 0.15) is 0 Å². The molecule has 3 aromatic rings. The Balaban J connectivity index is 2.26. The van der Waals surface area contributed by atoms with Gasteiger partial charge in [0.2, 0.25) is 0 Å². The molecule has 0 spiro atoms. The van der Waals surface area contributed by atoms with E-state index in [1.807, 2.05) is 54.6 Å². The molecule has 25 heavy (non-hydrogen) atoms. The van der Waals surface area contributed by atoms with Gasteiger partial charge in [-0.15, -0.1) is 0 Å². The van der Waals surface area contributed by atoms with E-state index in [-0.39, 0.29) is 18.3 Å². The third-order valence-corrected chi connectivity index (χ3v) is 14.2. The predicted molar refractivity (Wildman–Crippen MR) is 105 cm³/mol. The van der Waals surface area contributed by atoms with Crippen molar-refractivity contribution < 1.29 is 7.81 Å². The van der Waals surface area contributed by atoms with Gasteiger partial charge in [-0.1, -0.05) is 0 Å². The first-order valence-corrected chi connectivity index (χ1v) is 13.5. The fraction of sp³-hybridized carbons (Fsp3) is 0.0952. The van der Waals surface area contributed by atoms with Crippen molar-refractivity contribution in [3.8, 4) is 0 Å². The van der Waals surface area contributed by atoms with Crippen LogP contribution in [0.15, 0.2) is 91.0 Å². The van der Waals surface area contributed by atoms with E-state index in [1.54, 1.807) is 0 Å². The zero-order valence-electron chi connectivity index (χ0n) is 13.7. The van der Waals surface area contributed by atoms with Crippen LogP contribution in [0.4, 0.5) is 0 Å². The van der Waals surface area contributed by atoms with Crippen molar-refractivity contribution in [2.45, 2.75) is 6.42 Å². The minimum absolute atomic E-state index is 0.213. The fourth-order valence-corrected chi connectivity index (χ4v) is 12.6. The molecule has 3 rings (SSSR count). The first kappa shape index (κ1) is 18.0. The first-order valence-electron chi connectivity index (χ1n) is 8.11. The van der Waals surface area contributed by atoms with Gasteiger partial charge in [-0.25, -0.2) is 0 Å². The van der Waals surface area contributed by atoms with Crippen LogP contribution in [0.3, 0.4) is 0 Å². The van der Waals surface area contributed by atoms with Crippen LogP contribution in [0.2, 0.25) is 0 Å². The Morgan fingerprint density at radius 2 is 1.08 bits per heavy atom. The van der Waals surface area contributed by atoms with E-state index in [1.165, 1.54) is 0 Å². The second-order valence-corrected chi connectivity index (χ2v) is 14.3. The van der Waals surface area contributed by atoms with Crippen LogP contribution in [-0.4, -0.2) is 31.1 Å². The van der Waals surface area contributed by atoms with Crippen molar-refractivity contribution in [1.82, 2.24) is 0 Å². The molecule has 0 amide bonds. The van der Waals surface area contributed by atoms with E-state index < -0.39 is 19.2 Å². The zero-order valence-corrected chi connectivity index (χ0v) is 17.0. The Morgan fingerprint density at radius 1 is 0.720 bits per heavy atom. The number of hydrogen-bond acceptors (Lipinski definition) is 2. The average Bonchev–Trinajstić information content (AvgIpc) is 2.68.